The van der Waals surface area contributed by atoms with Crippen LogP contribution in [0, 0.1) is 6.92 Å². The van der Waals surface area contributed by atoms with Gasteiger partial charge >= 0.3 is 0 Å². The van der Waals surface area contributed by atoms with Gasteiger partial charge in [-0.1, -0.05) is 0 Å². The highest BCUT2D eigenvalue weighted by Gasteiger charge is 2.33. The summed E-state index contributed by atoms with van der Waals surface area (Å²) in [6.07, 6.45) is 1.73. The summed E-state index contributed by atoms with van der Waals surface area (Å²) in [6, 6.07) is 0. The van der Waals surface area contributed by atoms with Gasteiger partial charge in [-0.3, -0.25) is 4.79 Å². The maximum absolute atomic E-state index is 11.4. The number of carbonyl (C=O) groups excluding carboxylic acids is 1. The molecule has 0 aromatic heterocycles. The van der Waals surface area contributed by atoms with Crippen LogP contribution in [0.2, 0.25) is 0 Å². The average molecular weight is 166 g/mol. The van der Waals surface area contributed by atoms with Crippen molar-refractivity contribution in [3.8, 4) is 0 Å². The molecule has 1 heterocycles. The van der Waals surface area contributed by atoms with Crippen LogP contribution in [0.4, 0.5) is 0 Å². The van der Waals surface area contributed by atoms with Crippen molar-refractivity contribution in [1.29, 1.82) is 0 Å². The number of carbonyl (C=O) groups is 1. The highest BCUT2D eigenvalue weighted by Crippen LogP contribution is 2.23. The molecule has 0 saturated carbocycles. The molecule has 0 saturated heterocycles. The number of azo groups is 1. The summed E-state index contributed by atoms with van der Waals surface area (Å²) in [4.78, 5) is 11.4. The molecular formula is C8H12N3O. The van der Waals surface area contributed by atoms with E-state index in [-0.39, 0.29) is 5.91 Å². The zero-order valence-electron chi connectivity index (χ0n) is 7.29. The molecule has 0 aromatic carbocycles. The van der Waals surface area contributed by atoms with E-state index in [2.05, 4.69) is 22.5 Å². The molecule has 12 heavy (non-hydrogen) atoms. The fraction of sp³-hybridized carbons (Fsp3) is 0.500. The van der Waals surface area contributed by atoms with Gasteiger partial charge in [0.15, 0.2) is 5.54 Å². The van der Waals surface area contributed by atoms with Crippen molar-refractivity contribution >= 4 is 5.91 Å². The van der Waals surface area contributed by atoms with Crippen LogP contribution < -0.4 is 5.32 Å². The summed E-state index contributed by atoms with van der Waals surface area (Å²) in [7, 11) is 0. The maximum Gasteiger partial charge on any atom is 0.253 e. The SMILES string of the molecule is [CH2]CNC(=O)C1(C)C=C(C)N=N1. The van der Waals surface area contributed by atoms with Crippen molar-refractivity contribution in [2.24, 2.45) is 10.2 Å². The van der Waals surface area contributed by atoms with Gasteiger partial charge in [0.25, 0.3) is 5.91 Å². The summed E-state index contributed by atoms with van der Waals surface area (Å²) in [5, 5.41) is 10.3. The molecule has 1 rings (SSSR count). The van der Waals surface area contributed by atoms with E-state index in [0.29, 0.717) is 6.54 Å². The summed E-state index contributed by atoms with van der Waals surface area (Å²) >= 11 is 0. The summed E-state index contributed by atoms with van der Waals surface area (Å²) in [5.41, 5.74) is -0.0430. The Kier molecular flexibility index (Phi) is 2.26. The first-order valence-corrected chi connectivity index (χ1v) is 3.78. The fourth-order valence-electron chi connectivity index (χ4n) is 1.05. The minimum absolute atomic E-state index is 0.155. The van der Waals surface area contributed by atoms with Crippen molar-refractivity contribution in [1.82, 2.24) is 5.32 Å². The zero-order chi connectivity index (χ0) is 9.19. The first-order chi connectivity index (χ1) is 5.58. The van der Waals surface area contributed by atoms with Crippen LogP contribution in [-0.2, 0) is 4.79 Å². The minimum atomic E-state index is -0.818. The summed E-state index contributed by atoms with van der Waals surface area (Å²) < 4.78 is 0. The number of amides is 1. The van der Waals surface area contributed by atoms with Crippen molar-refractivity contribution in [2.75, 3.05) is 6.54 Å². The number of rotatable bonds is 2. The van der Waals surface area contributed by atoms with Gasteiger partial charge in [0.05, 0.1) is 5.70 Å². The van der Waals surface area contributed by atoms with Gasteiger partial charge in [-0.2, -0.15) is 10.2 Å². The van der Waals surface area contributed by atoms with Gasteiger partial charge in [-0.15, -0.1) is 0 Å². The van der Waals surface area contributed by atoms with Gasteiger partial charge < -0.3 is 5.32 Å². The standard InChI is InChI=1S/C8H12N3O/c1-4-9-7(12)8(3)5-6(2)10-11-8/h5H,1,4H2,2-3H3,(H,9,12). The largest absolute Gasteiger partial charge is 0.354 e. The lowest BCUT2D eigenvalue weighted by Crippen LogP contribution is -2.40. The quantitative estimate of drug-likeness (QED) is 0.655. The van der Waals surface area contributed by atoms with Crippen LogP contribution in [0.5, 0.6) is 0 Å². The third-order valence-electron chi connectivity index (χ3n) is 1.65. The molecule has 1 amide bonds. The van der Waals surface area contributed by atoms with Gasteiger partial charge in [0, 0.05) is 6.54 Å². The number of hydrogen-bond donors (Lipinski definition) is 1. The van der Waals surface area contributed by atoms with E-state index in [4.69, 9.17) is 0 Å². The van der Waals surface area contributed by atoms with E-state index in [1.807, 2.05) is 6.92 Å². The molecule has 0 fully saturated rings. The van der Waals surface area contributed by atoms with Gasteiger partial charge in [0.2, 0.25) is 0 Å². The second-order valence-corrected chi connectivity index (χ2v) is 2.89. The lowest BCUT2D eigenvalue weighted by molar-refractivity contribution is -0.124. The first kappa shape index (κ1) is 8.90. The number of nitrogens with zero attached hydrogens (tertiary/aromatic N) is 2. The zero-order valence-corrected chi connectivity index (χ0v) is 7.29. The lowest BCUT2D eigenvalue weighted by Gasteiger charge is -2.14. The van der Waals surface area contributed by atoms with Crippen molar-refractivity contribution in [3.63, 3.8) is 0 Å². The maximum atomic E-state index is 11.4. The van der Waals surface area contributed by atoms with Gasteiger partial charge in [-0.25, -0.2) is 0 Å². The second kappa shape index (κ2) is 3.05. The van der Waals surface area contributed by atoms with Crippen LogP contribution in [0.15, 0.2) is 22.0 Å². The van der Waals surface area contributed by atoms with E-state index in [1.165, 1.54) is 0 Å². The summed E-state index contributed by atoms with van der Waals surface area (Å²) in [6.45, 7) is 7.43. The van der Waals surface area contributed by atoms with E-state index in [1.54, 1.807) is 13.0 Å². The highest BCUT2D eigenvalue weighted by molar-refractivity contribution is 5.88. The molecule has 0 spiro atoms. The number of hydrogen-bond acceptors (Lipinski definition) is 3. The monoisotopic (exact) mass is 166 g/mol. The Bertz CT molecular complexity index is 257. The first-order valence-electron chi connectivity index (χ1n) is 3.78. The third kappa shape index (κ3) is 1.52. The smallest absolute Gasteiger partial charge is 0.253 e. The van der Waals surface area contributed by atoms with E-state index in [9.17, 15) is 4.79 Å². The normalized spacial score (nSPS) is 27.1. The van der Waals surface area contributed by atoms with Crippen molar-refractivity contribution in [2.45, 2.75) is 19.4 Å². The molecule has 1 aliphatic heterocycles. The molecule has 1 N–H and O–H groups in total. The molecule has 1 unspecified atom stereocenters. The Morgan fingerprint density at radius 1 is 1.83 bits per heavy atom. The van der Waals surface area contributed by atoms with Crippen molar-refractivity contribution in [3.05, 3.63) is 18.7 Å². The van der Waals surface area contributed by atoms with E-state index < -0.39 is 5.54 Å². The molecule has 0 bridgehead atoms. The average Bonchev–Trinajstić information content (AvgIpc) is 2.33. The third-order valence-corrected chi connectivity index (χ3v) is 1.65. The Balaban J connectivity index is 2.75. The van der Waals surface area contributed by atoms with Crippen LogP contribution in [0.3, 0.4) is 0 Å². The topological polar surface area (TPSA) is 53.8 Å². The fourth-order valence-corrected chi connectivity index (χ4v) is 1.05. The Morgan fingerprint density at radius 3 is 2.92 bits per heavy atom. The molecule has 0 aliphatic carbocycles. The number of nitrogens with one attached hydrogen (secondary N) is 1. The lowest BCUT2D eigenvalue weighted by atomic mass is 10.0. The molecule has 1 radical (unpaired) electrons. The predicted octanol–water partition coefficient (Wildman–Crippen LogP) is 1.06. The minimum Gasteiger partial charge on any atom is -0.354 e. The molecular weight excluding hydrogens is 154 g/mol. The highest BCUT2D eigenvalue weighted by atomic mass is 16.2. The molecule has 4 nitrogen and oxygen atoms in total. The molecule has 1 atom stereocenters. The van der Waals surface area contributed by atoms with Crippen molar-refractivity contribution < 1.29 is 4.79 Å². The predicted molar refractivity (Wildman–Crippen MR) is 45.4 cm³/mol. The van der Waals surface area contributed by atoms with Crippen LogP contribution in [0.25, 0.3) is 0 Å². The molecule has 0 aromatic rings. The van der Waals surface area contributed by atoms with Crippen LogP contribution >= 0.6 is 0 Å². The Morgan fingerprint density at radius 2 is 2.50 bits per heavy atom. The number of allylic oxidation sites excluding steroid dienone is 1. The van der Waals surface area contributed by atoms with Gasteiger partial charge in [0.1, 0.15) is 0 Å². The van der Waals surface area contributed by atoms with Crippen LogP contribution in [0.1, 0.15) is 13.8 Å². The Hall–Kier alpha value is -1.19. The van der Waals surface area contributed by atoms with Gasteiger partial charge in [-0.05, 0) is 26.8 Å². The summed E-state index contributed by atoms with van der Waals surface area (Å²) in [5.74, 6) is -0.155. The molecule has 4 heteroatoms. The molecule has 65 valence electrons. The molecule has 1 aliphatic rings. The van der Waals surface area contributed by atoms with E-state index in [0.717, 1.165) is 5.70 Å². The second-order valence-electron chi connectivity index (χ2n) is 2.89. The Labute approximate surface area is 71.8 Å². The van der Waals surface area contributed by atoms with E-state index >= 15 is 0 Å². The van der Waals surface area contributed by atoms with Crippen LogP contribution in [-0.4, -0.2) is 18.0 Å².